The lowest BCUT2D eigenvalue weighted by Gasteiger charge is -2.22. The Morgan fingerprint density at radius 2 is 2.25 bits per heavy atom. The van der Waals surface area contributed by atoms with Crippen molar-refractivity contribution < 1.29 is 0 Å². The van der Waals surface area contributed by atoms with Crippen molar-refractivity contribution in [3.05, 3.63) is 23.8 Å². The van der Waals surface area contributed by atoms with E-state index in [2.05, 4.69) is 26.5 Å². The Balaban J connectivity index is 2.39. The number of allylic oxidation sites excluding steroid dienone is 3. The van der Waals surface area contributed by atoms with E-state index in [0.29, 0.717) is 0 Å². The lowest BCUT2D eigenvalue weighted by molar-refractivity contribution is 0.451. The van der Waals surface area contributed by atoms with Gasteiger partial charge in [0.05, 0.1) is 0 Å². The van der Waals surface area contributed by atoms with Gasteiger partial charge >= 0.3 is 0 Å². The van der Waals surface area contributed by atoms with Crippen LogP contribution in [0.5, 0.6) is 0 Å². The van der Waals surface area contributed by atoms with E-state index >= 15 is 0 Å². The molecule has 1 atom stereocenters. The third kappa shape index (κ3) is 2.84. The van der Waals surface area contributed by atoms with Crippen molar-refractivity contribution in [2.45, 2.75) is 46.0 Å². The zero-order chi connectivity index (χ0) is 8.97. The van der Waals surface area contributed by atoms with Gasteiger partial charge in [0.1, 0.15) is 0 Å². The molecule has 1 unspecified atom stereocenters. The summed E-state index contributed by atoms with van der Waals surface area (Å²) in [5, 5.41) is 0. The molecule has 0 bridgehead atoms. The zero-order valence-electron chi connectivity index (χ0n) is 8.40. The Bertz CT molecular complexity index is 186. The standard InChI is InChI=1S/C12H20/c1-4-5-6-12-8-10(2)7-11(3)9-12/h7,12H,2,4-6,8-9H2,1,3H3. The summed E-state index contributed by atoms with van der Waals surface area (Å²) in [5.41, 5.74) is 2.85. The van der Waals surface area contributed by atoms with Crippen LogP contribution in [0.4, 0.5) is 0 Å². The highest BCUT2D eigenvalue weighted by molar-refractivity contribution is 5.24. The molecule has 1 aliphatic carbocycles. The van der Waals surface area contributed by atoms with Crippen LogP contribution in [0.3, 0.4) is 0 Å². The lowest BCUT2D eigenvalue weighted by Crippen LogP contribution is -2.06. The maximum atomic E-state index is 4.05. The molecule has 0 saturated heterocycles. The normalized spacial score (nSPS) is 24.0. The van der Waals surface area contributed by atoms with Crippen LogP contribution in [0.1, 0.15) is 46.0 Å². The topological polar surface area (TPSA) is 0 Å². The molecule has 0 heteroatoms. The molecule has 0 aliphatic heterocycles. The lowest BCUT2D eigenvalue weighted by atomic mass is 9.84. The van der Waals surface area contributed by atoms with Gasteiger partial charge in [-0.05, 0) is 32.1 Å². The van der Waals surface area contributed by atoms with Gasteiger partial charge in [-0.3, -0.25) is 0 Å². The molecule has 0 aromatic carbocycles. The molecular formula is C12H20. The fourth-order valence-corrected chi connectivity index (χ4v) is 2.06. The van der Waals surface area contributed by atoms with Crippen LogP contribution in [0.15, 0.2) is 23.8 Å². The van der Waals surface area contributed by atoms with Crippen molar-refractivity contribution in [2.75, 3.05) is 0 Å². The Labute approximate surface area is 76.4 Å². The number of hydrogen-bond acceptors (Lipinski definition) is 0. The average molecular weight is 164 g/mol. The SMILES string of the molecule is C=C1C=C(C)CC(CCCC)C1. The predicted molar refractivity (Wildman–Crippen MR) is 55.1 cm³/mol. The van der Waals surface area contributed by atoms with Gasteiger partial charge in [0.2, 0.25) is 0 Å². The van der Waals surface area contributed by atoms with Gasteiger partial charge in [0, 0.05) is 0 Å². The van der Waals surface area contributed by atoms with Gasteiger partial charge in [-0.1, -0.05) is 43.6 Å². The fourth-order valence-electron chi connectivity index (χ4n) is 2.06. The van der Waals surface area contributed by atoms with E-state index in [1.54, 1.807) is 0 Å². The summed E-state index contributed by atoms with van der Waals surface area (Å²) in [4.78, 5) is 0. The minimum atomic E-state index is 0.891. The second-order valence-corrected chi connectivity index (χ2v) is 4.07. The van der Waals surface area contributed by atoms with Crippen LogP contribution < -0.4 is 0 Å². The molecule has 0 aromatic rings. The van der Waals surface area contributed by atoms with Crippen LogP contribution in [-0.2, 0) is 0 Å². The Morgan fingerprint density at radius 1 is 1.50 bits per heavy atom. The van der Waals surface area contributed by atoms with Gasteiger partial charge in [-0.2, -0.15) is 0 Å². The molecule has 0 aromatic heterocycles. The number of unbranched alkanes of at least 4 members (excludes halogenated alkanes) is 1. The van der Waals surface area contributed by atoms with Crippen LogP contribution in [0, 0.1) is 5.92 Å². The average Bonchev–Trinajstić information content (AvgIpc) is 1.99. The van der Waals surface area contributed by atoms with E-state index in [1.165, 1.54) is 43.3 Å². The summed E-state index contributed by atoms with van der Waals surface area (Å²) in [6, 6.07) is 0. The molecule has 0 N–H and O–H groups in total. The minimum absolute atomic E-state index is 0.891. The fraction of sp³-hybridized carbons (Fsp3) is 0.667. The molecule has 0 spiro atoms. The van der Waals surface area contributed by atoms with Crippen molar-refractivity contribution in [1.82, 2.24) is 0 Å². The Hall–Kier alpha value is -0.520. The van der Waals surface area contributed by atoms with Crippen LogP contribution in [0.2, 0.25) is 0 Å². The van der Waals surface area contributed by atoms with Gasteiger partial charge in [-0.15, -0.1) is 0 Å². The third-order valence-electron chi connectivity index (χ3n) is 2.58. The summed E-state index contributed by atoms with van der Waals surface area (Å²) in [5.74, 6) is 0.891. The van der Waals surface area contributed by atoms with Gasteiger partial charge < -0.3 is 0 Å². The zero-order valence-corrected chi connectivity index (χ0v) is 8.40. The molecule has 0 heterocycles. The van der Waals surface area contributed by atoms with Crippen molar-refractivity contribution in [2.24, 2.45) is 5.92 Å². The van der Waals surface area contributed by atoms with Crippen molar-refractivity contribution in [3.63, 3.8) is 0 Å². The van der Waals surface area contributed by atoms with Crippen LogP contribution >= 0.6 is 0 Å². The van der Waals surface area contributed by atoms with E-state index in [1.807, 2.05) is 0 Å². The smallest absolute Gasteiger partial charge is 0.0253 e. The molecule has 0 amide bonds. The predicted octanol–water partition coefficient (Wildman–Crippen LogP) is 4.09. The summed E-state index contributed by atoms with van der Waals surface area (Å²) in [6.07, 6.45) is 8.89. The van der Waals surface area contributed by atoms with E-state index in [9.17, 15) is 0 Å². The molecule has 0 saturated carbocycles. The van der Waals surface area contributed by atoms with Crippen LogP contribution in [0.25, 0.3) is 0 Å². The monoisotopic (exact) mass is 164 g/mol. The van der Waals surface area contributed by atoms with Gasteiger partial charge in [0.25, 0.3) is 0 Å². The highest BCUT2D eigenvalue weighted by Gasteiger charge is 2.14. The first-order chi connectivity index (χ1) is 5.72. The summed E-state index contributed by atoms with van der Waals surface area (Å²) >= 11 is 0. The second-order valence-electron chi connectivity index (χ2n) is 4.07. The van der Waals surface area contributed by atoms with E-state index < -0.39 is 0 Å². The summed E-state index contributed by atoms with van der Waals surface area (Å²) in [7, 11) is 0. The maximum absolute atomic E-state index is 4.05. The molecule has 68 valence electrons. The van der Waals surface area contributed by atoms with Crippen molar-refractivity contribution in [1.29, 1.82) is 0 Å². The minimum Gasteiger partial charge on any atom is -0.0958 e. The Kier molecular flexibility index (Phi) is 3.58. The highest BCUT2D eigenvalue weighted by atomic mass is 14.2. The molecule has 0 nitrogen and oxygen atoms in total. The summed E-state index contributed by atoms with van der Waals surface area (Å²) in [6.45, 7) is 8.54. The summed E-state index contributed by atoms with van der Waals surface area (Å²) < 4.78 is 0. The van der Waals surface area contributed by atoms with Gasteiger partial charge in [0.15, 0.2) is 0 Å². The molecule has 1 aliphatic rings. The maximum Gasteiger partial charge on any atom is -0.0253 e. The molecule has 1 rings (SSSR count). The van der Waals surface area contributed by atoms with E-state index in [0.717, 1.165) is 5.92 Å². The molecule has 0 fully saturated rings. The Morgan fingerprint density at radius 3 is 2.83 bits per heavy atom. The number of hydrogen-bond donors (Lipinski definition) is 0. The van der Waals surface area contributed by atoms with E-state index in [4.69, 9.17) is 0 Å². The number of rotatable bonds is 3. The van der Waals surface area contributed by atoms with Crippen molar-refractivity contribution >= 4 is 0 Å². The third-order valence-corrected chi connectivity index (χ3v) is 2.58. The quantitative estimate of drug-likeness (QED) is 0.589. The van der Waals surface area contributed by atoms with Gasteiger partial charge in [-0.25, -0.2) is 0 Å². The first-order valence-electron chi connectivity index (χ1n) is 5.07. The largest absolute Gasteiger partial charge is 0.0958 e. The highest BCUT2D eigenvalue weighted by Crippen LogP contribution is 2.29. The van der Waals surface area contributed by atoms with Crippen LogP contribution in [-0.4, -0.2) is 0 Å². The molecular weight excluding hydrogens is 144 g/mol. The molecule has 0 radical (unpaired) electrons. The first-order valence-corrected chi connectivity index (χ1v) is 5.07. The first kappa shape index (κ1) is 9.57. The molecule has 12 heavy (non-hydrogen) atoms. The second kappa shape index (κ2) is 4.49. The van der Waals surface area contributed by atoms with E-state index in [-0.39, 0.29) is 0 Å². The van der Waals surface area contributed by atoms with Crippen molar-refractivity contribution in [3.8, 4) is 0 Å².